The van der Waals surface area contributed by atoms with Gasteiger partial charge in [0.15, 0.2) is 0 Å². The molecule has 1 aromatic rings. The van der Waals surface area contributed by atoms with Crippen molar-refractivity contribution in [3.8, 4) is 12.3 Å². The summed E-state index contributed by atoms with van der Waals surface area (Å²) in [4.78, 5) is 2.03. The van der Waals surface area contributed by atoms with E-state index in [0.717, 1.165) is 18.7 Å². The van der Waals surface area contributed by atoms with Gasteiger partial charge in [-0.1, -0.05) is 25.0 Å². The lowest BCUT2D eigenvalue weighted by molar-refractivity contribution is 0.310. The number of terminal acetylenes is 1. The summed E-state index contributed by atoms with van der Waals surface area (Å²) in [5.74, 6) is 2.42. The van der Waals surface area contributed by atoms with Crippen LogP contribution in [0.3, 0.4) is 0 Å². The maximum absolute atomic E-state index is 13.6. The maximum Gasteiger partial charge on any atom is 0.127 e. The maximum atomic E-state index is 13.6. The molecule has 0 aliphatic rings. The highest BCUT2D eigenvalue weighted by atomic mass is 19.1. The molecule has 0 amide bonds. The van der Waals surface area contributed by atoms with Crippen LogP contribution in [0.5, 0.6) is 0 Å². The molecule has 0 fully saturated rings. The van der Waals surface area contributed by atoms with Crippen molar-refractivity contribution in [1.82, 2.24) is 10.2 Å². The molecule has 0 spiro atoms. The zero-order chi connectivity index (χ0) is 12.7. The molecule has 0 atom stereocenters. The van der Waals surface area contributed by atoms with Gasteiger partial charge in [0.1, 0.15) is 5.82 Å². The molecule has 1 N–H and O–H groups in total. The van der Waals surface area contributed by atoms with E-state index in [1.807, 2.05) is 24.9 Å². The van der Waals surface area contributed by atoms with Gasteiger partial charge in [-0.05, 0) is 25.2 Å². The van der Waals surface area contributed by atoms with Crippen molar-refractivity contribution in [2.24, 2.45) is 0 Å². The van der Waals surface area contributed by atoms with E-state index >= 15 is 0 Å². The normalized spacial score (nSPS) is 10.5. The summed E-state index contributed by atoms with van der Waals surface area (Å²) in [6.07, 6.45) is 5.28. The van der Waals surface area contributed by atoms with Gasteiger partial charge < -0.3 is 5.32 Å². The average Bonchev–Trinajstić information content (AvgIpc) is 2.33. The Labute approximate surface area is 103 Å². The van der Waals surface area contributed by atoms with Gasteiger partial charge in [0.2, 0.25) is 0 Å². The fourth-order valence-electron chi connectivity index (χ4n) is 1.71. The molecule has 0 aliphatic heterocycles. The first kappa shape index (κ1) is 13.7. The van der Waals surface area contributed by atoms with Crippen LogP contribution in [0.15, 0.2) is 18.2 Å². The number of hydrogen-bond acceptors (Lipinski definition) is 2. The van der Waals surface area contributed by atoms with Crippen LogP contribution in [0.25, 0.3) is 0 Å². The summed E-state index contributed by atoms with van der Waals surface area (Å²) in [5.41, 5.74) is 1.79. The largest absolute Gasteiger partial charge is 0.316 e. The number of nitrogens with zero attached hydrogens (tertiary/aromatic N) is 1. The SMILES string of the molecule is C#CCN(CC)Cc1cc(CNC)ccc1F. The number of nitrogens with one attached hydrogen (secondary N) is 1. The van der Waals surface area contributed by atoms with Gasteiger partial charge in [-0.3, -0.25) is 4.90 Å². The van der Waals surface area contributed by atoms with E-state index in [0.29, 0.717) is 18.7 Å². The van der Waals surface area contributed by atoms with Crippen molar-refractivity contribution < 1.29 is 4.39 Å². The van der Waals surface area contributed by atoms with Crippen LogP contribution >= 0.6 is 0 Å². The first-order valence-electron chi connectivity index (χ1n) is 5.79. The van der Waals surface area contributed by atoms with Crippen molar-refractivity contribution in [3.05, 3.63) is 35.1 Å². The topological polar surface area (TPSA) is 15.3 Å². The first-order valence-corrected chi connectivity index (χ1v) is 5.79. The number of rotatable bonds is 6. The Kier molecular flexibility index (Phi) is 5.68. The van der Waals surface area contributed by atoms with Gasteiger partial charge in [-0.2, -0.15) is 0 Å². The molecule has 3 heteroatoms. The molecule has 92 valence electrons. The van der Waals surface area contributed by atoms with E-state index in [2.05, 4.69) is 11.2 Å². The third-order valence-corrected chi connectivity index (χ3v) is 2.65. The second-order valence-electron chi connectivity index (χ2n) is 3.96. The Hall–Kier alpha value is -1.37. The molecule has 0 aromatic heterocycles. The molecule has 2 nitrogen and oxygen atoms in total. The summed E-state index contributed by atoms with van der Waals surface area (Å²) >= 11 is 0. The van der Waals surface area contributed by atoms with Gasteiger partial charge in [0.05, 0.1) is 6.54 Å². The molecule has 0 aliphatic carbocycles. The molecular weight excluding hydrogens is 215 g/mol. The molecule has 0 saturated carbocycles. The minimum Gasteiger partial charge on any atom is -0.316 e. The van der Waals surface area contributed by atoms with Crippen LogP contribution in [0.4, 0.5) is 4.39 Å². The lowest BCUT2D eigenvalue weighted by Gasteiger charge is -2.18. The minimum absolute atomic E-state index is 0.166. The van der Waals surface area contributed by atoms with Crippen LogP contribution in [0.1, 0.15) is 18.1 Å². The molecule has 0 bridgehead atoms. The summed E-state index contributed by atoms with van der Waals surface area (Å²) in [6, 6.07) is 5.21. The Morgan fingerprint density at radius 3 is 2.82 bits per heavy atom. The molecular formula is C14H19FN2. The highest BCUT2D eigenvalue weighted by Gasteiger charge is 2.07. The lowest BCUT2D eigenvalue weighted by Crippen LogP contribution is -2.23. The molecule has 1 rings (SSSR count). The predicted molar refractivity (Wildman–Crippen MR) is 68.9 cm³/mol. The molecule has 0 heterocycles. The van der Waals surface area contributed by atoms with Crippen LogP contribution in [-0.2, 0) is 13.1 Å². The number of halogens is 1. The van der Waals surface area contributed by atoms with Crippen LogP contribution in [0, 0.1) is 18.2 Å². The Bertz CT molecular complexity index is 396. The van der Waals surface area contributed by atoms with E-state index in [1.165, 1.54) is 6.07 Å². The van der Waals surface area contributed by atoms with E-state index in [9.17, 15) is 4.39 Å². The predicted octanol–water partition coefficient (Wildman–Crippen LogP) is 2.00. The molecule has 0 radical (unpaired) electrons. The summed E-state index contributed by atoms with van der Waals surface area (Å²) in [5, 5.41) is 3.05. The molecule has 1 aromatic carbocycles. The first-order chi connectivity index (χ1) is 8.21. The van der Waals surface area contributed by atoms with Gasteiger partial charge in [0.25, 0.3) is 0 Å². The fraction of sp³-hybridized carbons (Fsp3) is 0.429. The van der Waals surface area contributed by atoms with Crippen molar-refractivity contribution >= 4 is 0 Å². The third kappa shape index (κ3) is 4.18. The van der Waals surface area contributed by atoms with Gasteiger partial charge in [-0.15, -0.1) is 6.42 Å². The van der Waals surface area contributed by atoms with E-state index in [-0.39, 0.29) is 5.82 Å². The lowest BCUT2D eigenvalue weighted by atomic mass is 10.1. The second-order valence-corrected chi connectivity index (χ2v) is 3.96. The standard InChI is InChI=1S/C14H19FN2/c1-4-8-17(5-2)11-13-9-12(10-16-3)6-7-14(13)15/h1,6-7,9,16H,5,8,10-11H2,2-3H3. The van der Waals surface area contributed by atoms with E-state index in [4.69, 9.17) is 6.42 Å². The monoisotopic (exact) mass is 234 g/mol. The Morgan fingerprint density at radius 2 is 2.24 bits per heavy atom. The Balaban J connectivity index is 2.81. The quantitative estimate of drug-likeness (QED) is 0.757. The number of benzene rings is 1. The van der Waals surface area contributed by atoms with Crippen LogP contribution in [0.2, 0.25) is 0 Å². The van der Waals surface area contributed by atoms with Gasteiger partial charge in [0, 0.05) is 18.7 Å². The third-order valence-electron chi connectivity index (χ3n) is 2.65. The van der Waals surface area contributed by atoms with Gasteiger partial charge in [-0.25, -0.2) is 4.39 Å². The molecule has 0 unspecified atom stereocenters. The highest BCUT2D eigenvalue weighted by molar-refractivity contribution is 5.25. The highest BCUT2D eigenvalue weighted by Crippen LogP contribution is 2.13. The van der Waals surface area contributed by atoms with Crippen LogP contribution in [-0.4, -0.2) is 25.0 Å². The zero-order valence-corrected chi connectivity index (χ0v) is 10.5. The summed E-state index contributed by atoms with van der Waals surface area (Å²) < 4.78 is 13.6. The minimum atomic E-state index is -0.166. The summed E-state index contributed by atoms with van der Waals surface area (Å²) in [7, 11) is 1.87. The molecule has 0 saturated heterocycles. The zero-order valence-electron chi connectivity index (χ0n) is 10.5. The average molecular weight is 234 g/mol. The smallest absolute Gasteiger partial charge is 0.127 e. The van der Waals surface area contributed by atoms with Crippen molar-refractivity contribution in [3.63, 3.8) is 0 Å². The molecule has 17 heavy (non-hydrogen) atoms. The van der Waals surface area contributed by atoms with Crippen molar-refractivity contribution in [2.45, 2.75) is 20.0 Å². The summed E-state index contributed by atoms with van der Waals surface area (Å²) in [6.45, 7) is 4.69. The Morgan fingerprint density at radius 1 is 1.47 bits per heavy atom. The van der Waals surface area contributed by atoms with Crippen molar-refractivity contribution in [2.75, 3.05) is 20.1 Å². The van der Waals surface area contributed by atoms with E-state index < -0.39 is 0 Å². The van der Waals surface area contributed by atoms with E-state index in [1.54, 1.807) is 6.07 Å². The van der Waals surface area contributed by atoms with Gasteiger partial charge >= 0.3 is 0 Å². The second kappa shape index (κ2) is 7.05. The number of hydrogen-bond donors (Lipinski definition) is 1. The fourth-order valence-corrected chi connectivity index (χ4v) is 1.71. The van der Waals surface area contributed by atoms with Crippen LogP contribution < -0.4 is 5.32 Å². The van der Waals surface area contributed by atoms with Crippen molar-refractivity contribution in [1.29, 1.82) is 0 Å².